The summed E-state index contributed by atoms with van der Waals surface area (Å²) in [5, 5.41) is 0.893. The number of pyridine rings is 1. The van der Waals surface area contributed by atoms with Crippen LogP contribution in [0, 0.1) is 0 Å². The molecule has 0 aliphatic heterocycles. The summed E-state index contributed by atoms with van der Waals surface area (Å²) in [5.74, 6) is 0. The Hall–Kier alpha value is 0.110. The summed E-state index contributed by atoms with van der Waals surface area (Å²) in [5.41, 5.74) is 1.24. The molecule has 0 N–H and O–H groups in total. The molecule has 60 valence electrons. The van der Waals surface area contributed by atoms with E-state index in [2.05, 4.69) is 43.8 Å². The molecule has 0 saturated carbocycles. The van der Waals surface area contributed by atoms with Crippen molar-refractivity contribution in [2.24, 2.45) is 0 Å². The van der Waals surface area contributed by atoms with Crippen LogP contribution >= 0.6 is 31.9 Å². The molecule has 0 saturated heterocycles. The minimum Gasteiger partial charge on any atom is -0.265 e. The lowest BCUT2D eigenvalue weighted by atomic mass is 10.1. The van der Waals surface area contributed by atoms with Crippen LogP contribution in [0.4, 0.5) is 0 Å². The van der Waals surface area contributed by atoms with Gasteiger partial charge < -0.3 is 0 Å². The Kier molecular flexibility index (Phi) is 3.07. The second kappa shape index (κ2) is 3.68. The number of aromatic nitrogens is 1. The first kappa shape index (κ1) is 9.20. The molecule has 1 aromatic rings. The monoisotopic (exact) mass is 277 g/mol. The smallest absolute Gasteiger partial charge is 0.0575 e. The van der Waals surface area contributed by atoms with Gasteiger partial charge in [0, 0.05) is 17.7 Å². The lowest BCUT2D eigenvalue weighted by Gasteiger charge is -2.19. The highest BCUT2D eigenvalue weighted by molar-refractivity contribution is 9.12. The normalized spacial score (nSPS) is 15.9. The molecule has 3 heteroatoms. The van der Waals surface area contributed by atoms with Crippen LogP contribution in [-0.2, 0) is 4.32 Å². The fourth-order valence-corrected chi connectivity index (χ4v) is 1.36. The second-order valence-electron chi connectivity index (χ2n) is 2.57. The van der Waals surface area contributed by atoms with E-state index in [1.165, 1.54) is 5.56 Å². The van der Waals surface area contributed by atoms with E-state index in [0.717, 1.165) is 5.33 Å². The fraction of sp³-hybridized carbons (Fsp3) is 0.375. The molecule has 0 aromatic carbocycles. The molecule has 1 atom stereocenters. The van der Waals surface area contributed by atoms with E-state index >= 15 is 0 Å². The largest absolute Gasteiger partial charge is 0.265 e. The van der Waals surface area contributed by atoms with Crippen LogP contribution in [0.5, 0.6) is 0 Å². The van der Waals surface area contributed by atoms with Crippen molar-refractivity contribution in [2.75, 3.05) is 5.33 Å². The Morgan fingerprint density at radius 2 is 2.00 bits per heavy atom. The van der Waals surface area contributed by atoms with Crippen LogP contribution in [0.25, 0.3) is 0 Å². The zero-order valence-electron chi connectivity index (χ0n) is 6.22. The van der Waals surface area contributed by atoms with Gasteiger partial charge in [-0.2, -0.15) is 0 Å². The Morgan fingerprint density at radius 3 is 2.45 bits per heavy atom. The van der Waals surface area contributed by atoms with Crippen LogP contribution in [0.15, 0.2) is 24.5 Å². The van der Waals surface area contributed by atoms with Crippen molar-refractivity contribution in [1.82, 2.24) is 4.98 Å². The Labute approximate surface area is 83.5 Å². The number of alkyl halides is 2. The maximum absolute atomic E-state index is 3.96. The maximum Gasteiger partial charge on any atom is 0.0575 e. The van der Waals surface area contributed by atoms with Gasteiger partial charge in [0.05, 0.1) is 4.32 Å². The standard InChI is InChI=1S/C8H9Br2N/c1-8(10,6-9)7-2-4-11-5-3-7/h2-5H,6H2,1H3/t8-/m1/s1. The molecule has 11 heavy (non-hydrogen) atoms. The molecular formula is C8H9Br2N. The van der Waals surface area contributed by atoms with E-state index in [4.69, 9.17) is 0 Å². The number of hydrogen-bond acceptors (Lipinski definition) is 1. The SMILES string of the molecule is C[C@@](Br)(CBr)c1ccncc1. The molecular weight excluding hydrogens is 270 g/mol. The van der Waals surface area contributed by atoms with Crippen LogP contribution in [-0.4, -0.2) is 10.3 Å². The molecule has 0 fully saturated rings. The summed E-state index contributed by atoms with van der Waals surface area (Å²) < 4.78 is 0.0238. The predicted octanol–water partition coefficient (Wildman–Crippen LogP) is 3.09. The van der Waals surface area contributed by atoms with Crippen molar-refractivity contribution in [3.63, 3.8) is 0 Å². The number of nitrogens with zero attached hydrogens (tertiary/aromatic N) is 1. The molecule has 0 unspecified atom stereocenters. The van der Waals surface area contributed by atoms with Crippen molar-refractivity contribution in [2.45, 2.75) is 11.2 Å². The molecule has 0 amide bonds. The van der Waals surface area contributed by atoms with Gasteiger partial charge in [-0.1, -0.05) is 31.9 Å². The van der Waals surface area contributed by atoms with Crippen molar-refractivity contribution in [3.8, 4) is 0 Å². The highest BCUT2D eigenvalue weighted by Crippen LogP contribution is 2.31. The summed E-state index contributed by atoms with van der Waals surface area (Å²) in [6.45, 7) is 2.12. The highest BCUT2D eigenvalue weighted by Gasteiger charge is 2.20. The average molecular weight is 279 g/mol. The first-order chi connectivity index (χ1) is 5.17. The van der Waals surface area contributed by atoms with Crippen molar-refractivity contribution < 1.29 is 0 Å². The highest BCUT2D eigenvalue weighted by atomic mass is 79.9. The number of hydrogen-bond donors (Lipinski definition) is 0. The van der Waals surface area contributed by atoms with E-state index < -0.39 is 0 Å². The lowest BCUT2D eigenvalue weighted by molar-refractivity contribution is 0.821. The number of halogens is 2. The topological polar surface area (TPSA) is 12.9 Å². The van der Waals surface area contributed by atoms with E-state index in [-0.39, 0.29) is 4.32 Å². The second-order valence-corrected chi connectivity index (χ2v) is 4.88. The summed E-state index contributed by atoms with van der Waals surface area (Å²) in [6.07, 6.45) is 3.61. The average Bonchev–Trinajstić information content (AvgIpc) is 2.06. The minimum absolute atomic E-state index is 0.0238. The van der Waals surface area contributed by atoms with Gasteiger partial charge in [-0.3, -0.25) is 4.98 Å². The van der Waals surface area contributed by atoms with Gasteiger partial charge in [0.2, 0.25) is 0 Å². The van der Waals surface area contributed by atoms with Crippen LogP contribution < -0.4 is 0 Å². The first-order valence-electron chi connectivity index (χ1n) is 3.32. The molecule has 0 spiro atoms. The molecule has 1 aromatic heterocycles. The minimum atomic E-state index is 0.0238. The van der Waals surface area contributed by atoms with E-state index in [1.54, 1.807) is 12.4 Å². The van der Waals surface area contributed by atoms with Crippen LogP contribution in [0.1, 0.15) is 12.5 Å². The summed E-state index contributed by atoms with van der Waals surface area (Å²) in [4.78, 5) is 3.96. The van der Waals surface area contributed by atoms with E-state index in [0.29, 0.717) is 0 Å². The van der Waals surface area contributed by atoms with Crippen molar-refractivity contribution >= 4 is 31.9 Å². The summed E-state index contributed by atoms with van der Waals surface area (Å²) in [7, 11) is 0. The van der Waals surface area contributed by atoms with Gasteiger partial charge in [0.1, 0.15) is 0 Å². The molecule has 0 bridgehead atoms. The molecule has 1 nitrogen and oxygen atoms in total. The zero-order chi connectivity index (χ0) is 8.32. The molecule has 0 aliphatic carbocycles. The fourth-order valence-electron chi connectivity index (χ4n) is 0.777. The predicted molar refractivity (Wildman–Crippen MR) is 54.3 cm³/mol. The Morgan fingerprint density at radius 1 is 1.45 bits per heavy atom. The lowest BCUT2D eigenvalue weighted by Crippen LogP contribution is -2.14. The van der Waals surface area contributed by atoms with Gasteiger partial charge in [-0.05, 0) is 24.6 Å². The number of rotatable bonds is 2. The maximum atomic E-state index is 3.96. The zero-order valence-corrected chi connectivity index (χ0v) is 9.39. The van der Waals surface area contributed by atoms with Crippen LogP contribution in [0.3, 0.4) is 0 Å². The van der Waals surface area contributed by atoms with Crippen molar-refractivity contribution in [1.29, 1.82) is 0 Å². The van der Waals surface area contributed by atoms with Gasteiger partial charge in [-0.25, -0.2) is 0 Å². The molecule has 0 radical (unpaired) electrons. The van der Waals surface area contributed by atoms with Gasteiger partial charge in [0.15, 0.2) is 0 Å². The third kappa shape index (κ3) is 2.27. The van der Waals surface area contributed by atoms with E-state index in [9.17, 15) is 0 Å². The Bertz CT molecular complexity index is 221. The third-order valence-electron chi connectivity index (χ3n) is 1.53. The summed E-state index contributed by atoms with van der Waals surface area (Å²) in [6, 6.07) is 4.02. The first-order valence-corrected chi connectivity index (χ1v) is 5.23. The Balaban J connectivity index is 2.93. The molecule has 0 aliphatic rings. The molecule has 1 rings (SSSR count). The quantitative estimate of drug-likeness (QED) is 0.758. The van der Waals surface area contributed by atoms with Crippen molar-refractivity contribution in [3.05, 3.63) is 30.1 Å². The van der Waals surface area contributed by atoms with E-state index in [1.807, 2.05) is 12.1 Å². The van der Waals surface area contributed by atoms with Gasteiger partial charge >= 0.3 is 0 Å². The summed E-state index contributed by atoms with van der Waals surface area (Å²) >= 11 is 7.05. The third-order valence-corrected chi connectivity index (χ3v) is 4.15. The van der Waals surface area contributed by atoms with Gasteiger partial charge in [0.25, 0.3) is 0 Å². The van der Waals surface area contributed by atoms with Gasteiger partial charge in [-0.15, -0.1) is 0 Å². The molecule has 1 heterocycles. The van der Waals surface area contributed by atoms with Crippen LogP contribution in [0.2, 0.25) is 0 Å².